The fourth-order valence-corrected chi connectivity index (χ4v) is 2.63. The standard InChI is InChI=1S/C11H11N3OS/c15-11(10-2-1-5-16-10)14-4-3-8-9(6-14)13-7-12-8/h1-2,5,7H,3-4,6H2,(H,12,13). The van der Waals surface area contributed by atoms with Crippen molar-refractivity contribution in [2.24, 2.45) is 0 Å². The van der Waals surface area contributed by atoms with Gasteiger partial charge < -0.3 is 9.88 Å². The molecule has 1 aliphatic heterocycles. The maximum absolute atomic E-state index is 12.1. The van der Waals surface area contributed by atoms with Gasteiger partial charge in [0.1, 0.15) is 0 Å². The van der Waals surface area contributed by atoms with Crippen LogP contribution < -0.4 is 0 Å². The lowest BCUT2D eigenvalue weighted by Gasteiger charge is -2.25. The summed E-state index contributed by atoms with van der Waals surface area (Å²) in [5.41, 5.74) is 2.16. The summed E-state index contributed by atoms with van der Waals surface area (Å²) in [5, 5.41) is 1.93. The lowest BCUT2D eigenvalue weighted by Crippen LogP contribution is -2.35. The zero-order valence-electron chi connectivity index (χ0n) is 8.64. The number of H-pyrrole nitrogens is 1. The van der Waals surface area contributed by atoms with Crippen LogP contribution in [0.15, 0.2) is 23.8 Å². The molecule has 1 amide bonds. The van der Waals surface area contributed by atoms with Gasteiger partial charge in [0.05, 0.1) is 29.1 Å². The molecule has 0 aromatic carbocycles. The number of aromatic amines is 1. The highest BCUT2D eigenvalue weighted by Gasteiger charge is 2.23. The van der Waals surface area contributed by atoms with Crippen molar-refractivity contribution in [3.8, 4) is 0 Å². The Morgan fingerprint density at radius 1 is 1.56 bits per heavy atom. The predicted octanol–water partition coefficient (Wildman–Crippen LogP) is 1.67. The van der Waals surface area contributed by atoms with E-state index in [4.69, 9.17) is 0 Å². The van der Waals surface area contributed by atoms with Crippen LogP contribution in [0, 0.1) is 0 Å². The molecule has 0 atom stereocenters. The van der Waals surface area contributed by atoms with Crippen LogP contribution in [0.25, 0.3) is 0 Å². The molecule has 0 fully saturated rings. The van der Waals surface area contributed by atoms with Crippen LogP contribution in [0.3, 0.4) is 0 Å². The number of imidazole rings is 1. The third-order valence-corrected chi connectivity index (χ3v) is 3.65. The van der Waals surface area contributed by atoms with Crippen molar-refractivity contribution in [3.05, 3.63) is 40.1 Å². The minimum atomic E-state index is 0.121. The number of thiophene rings is 1. The van der Waals surface area contributed by atoms with Crippen LogP contribution in [0.5, 0.6) is 0 Å². The number of hydrogen-bond donors (Lipinski definition) is 1. The molecule has 0 radical (unpaired) electrons. The highest BCUT2D eigenvalue weighted by atomic mass is 32.1. The first-order valence-corrected chi connectivity index (χ1v) is 6.06. The maximum Gasteiger partial charge on any atom is 0.264 e. The summed E-state index contributed by atoms with van der Waals surface area (Å²) >= 11 is 1.49. The van der Waals surface area contributed by atoms with Crippen molar-refractivity contribution >= 4 is 17.2 Å². The second kappa shape index (κ2) is 3.75. The van der Waals surface area contributed by atoms with Crippen molar-refractivity contribution in [3.63, 3.8) is 0 Å². The topological polar surface area (TPSA) is 49.0 Å². The molecule has 0 aliphatic carbocycles. The van der Waals surface area contributed by atoms with Gasteiger partial charge in [-0.2, -0.15) is 0 Å². The molecule has 0 saturated carbocycles. The molecular formula is C11H11N3OS. The molecule has 16 heavy (non-hydrogen) atoms. The quantitative estimate of drug-likeness (QED) is 0.814. The summed E-state index contributed by atoms with van der Waals surface area (Å²) in [6.07, 6.45) is 2.54. The van der Waals surface area contributed by atoms with Crippen molar-refractivity contribution in [2.45, 2.75) is 13.0 Å². The first-order valence-electron chi connectivity index (χ1n) is 5.18. The summed E-state index contributed by atoms with van der Waals surface area (Å²) in [4.78, 5) is 22.1. The molecule has 82 valence electrons. The molecule has 4 nitrogen and oxygen atoms in total. The van der Waals surface area contributed by atoms with Crippen LogP contribution in [-0.2, 0) is 13.0 Å². The molecule has 0 saturated heterocycles. The molecule has 2 aromatic rings. The van der Waals surface area contributed by atoms with Gasteiger partial charge in [0.2, 0.25) is 0 Å². The number of nitrogens with zero attached hydrogens (tertiary/aromatic N) is 2. The van der Waals surface area contributed by atoms with Crippen molar-refractivity contribution in [2.75, 3.05) is 6.54 Å². The number of aromatic nitrogens is 2. The third-order valence-electron chi connectivity index (χ3n) is 2.79. The number of nitrogens with one attached hydrogen (secondary N) is 1. The van der Waals surface area contributed by atoms with Gasteiger partial charge in [-0.15, -0.1) is 11.3 Å². The Labute approximate surface area is 96.9 Å². The fourth-order valence-electron chi connectivity index (χ4n) is 1.94. The van der Waals surface area contributed by atoms with Crippen LogP contribution in [-0.4, -0.2) is 27.3 Å². The van der Waals surface area contributed by atoms with E-state index in [2.05, 4.69) is 9.97 Å². The average molecular weight is 233 g/mol. The van der Waals surface area contributed by atoms with E-state index in [0.29, 0.717) is 6.54 Å². The Kier molecular flexibility index (Phi) is 2.25. The first-order chi connectivity index (χ1) is 7.84. The molecule has 5 heteroatoms. The van der Waals surface area contributed by atoms with E-state index in [-0.39, 0.29) is 5.91 Å². The fraction of sp³-hybridized carbons (Fsp3) is 0.273. The van der Waals surface area contributed by atoms with Gasteiger partial charge in [-0.25, -0.2) is 4.98 Å². The predicted molar refractivity (Wildman–Crippen MR) is 61.4 cm³/mol. The smallest absolute Gasteiger partial charge is 0.264 e. The van der Waals surface area contributed by atoms with E-state index >= 15 is 0 Å². The third kappa shape index (κ3) is 1.53. The number of fused-ring (bicyclic) bond motifs is 1. The number of carbonyl (C=O) groups excluding carboxylic acids is 1. The molecule has 0 bridgehead atoms. The van der Waals surface area contributed by atoms with Crippen LogP contribution in [0.2, 0.25) is 0 Å². The minimum Gasteiger partial charge on any atom is -0.347 e. The Bertz CT molecular complexity index is 503. The highest BCUT2D eigenvalue weighted by molar-refractivity contribution is 7.12. The molecule has 3 rings (SSSR count). The summed E-state index contributed by atoms with van der Waals surface area (Å²) in [6.45, 7) is 1.40. The number of amides is 1. The maximum atomic E-state index is 12.1. The average Bonchev–Trinajstić information content (AvgIpc) is 2.98. The van der Waals surface area contributed by atoms with Gasteiger partial charge in [-0.1, -0.05) is 6.07 Å². The lowest BCUT2D eigenvalue weighted by atomic mass is 10.1. The van der Waals surface area contributed by atoms with Gasteiger partial charge in [-0.05, 0) is 11.4 Å². The summed E-state index contributed by atoms with van der Waals surface area (Å²) in [6, 6.07) is 3.78. The Morgan fingerprint density at radius 3 is 3.31 bits per heavy atom. The zero-order chi connectivity index (χ0) is 11.0. The lowest BCUT2D eigenvalue weighted by molar-refractivity contribution is 0.0737. The van der Waals surface area contributed by atoms with E-state index in [9.17, 15) is 4.79 Å². The van der Waals surface area contributed by atoms with Crippen LogP contribution in [0.1, 0.15) is 21.1 Å². The minimum absolute atomic E-state index is 0.121. The first kappa shape index (κ1) is 9.59. The van der Waals surface area contributed by atoms with Gasteiger partial charge in [0, 0.05) is 13.0 Å². The van der Waals surface area contributed by atoms with Gasteiger partial charge in [0.25, 0.3) is 5.91 Å². The van der Waals surface area contributed by atoms with E-state index < -0.39 is 0 Å². The van der Waals surface area contributed by atoms with Gasteiger partial charge in [-0.3, -0.25) is 4.79 Å². The molecule has 0 spiro atoms. The monoisotopic (exact) mass is 233 g/mol. The summed E-state index contributed by atoms with van der Waals surface area (Å²) in [5.74, 6) is 0.121. The number of carbonyl (C=O) groups is 1. The van der Waals surface area contributed by atoms with Crippen molar-refractivity contribution < 1.29 is 4.79 Å². The SMILES string of the molecule is O=C(c1cccs1)N1CCc2nc[nH]c2C1. The Hall–Kier alpha value is -1.62. The van der Waals surface area contributed by atoms with Gasteiger partial charge in [0.15, 0.2) is 0 Å². The number of hydrogen-bond acceptors (Lipinski definition) is 3. The van der Waals surface area contributed by atoms with E-state index in [1.54, 1.807) is 6.33 Å². The van der Waals surface area contributed by atoms with E-state index in [0.717, 1.165) is 29.2 Å². The van der Waals surface area contributed by atoms with Crippen molar-refractivity contribution in [1.29, 1.82) is 0 Å². The van der Waals surface area contributed by atoms with Crippen LogP contribution >= 0.6 is 11.3 Å². The Morgan fingerprint density at radius 2 is 2.50 bits per heavy atom. The van der Waals surface area contributed by atoms with Crippen LogP contribution in [0.4, 0.5) is 0 Å². The van der Waals surface area contributed by atoms with E-state index in [1.165, 1.54) is 11.3 Å². The zero-order valence-corrected chi connectivity index (χ0v) is 9.46. The van der Waals surface area contributed by atoms with E-state index in [1.807, 2.05) is 22.4 Å². The number of rotatable bonds is 1. The second-order valence-electron chi connectivity index (χ2n) is 3.78. The Balaban J connectivity index is 1.81. The highest BCUT2D eigenvalue weighted by Crippen LogP contribution is 2.19. The molecule has 0 unspecified atom stereocenters. The van der Waals surface area contributed by atoms with Crippen molar-refractivity contribution in [1.82, 2.24) is 14.9 Å². The summed E-state index contributed by atoms with van der Waals surface area (Å²) in [7, 11) is 0. The normalized spacial score (nSPS) is 14.9. The molecular weight excluding hydrogens is 222 g/mol. The molecule has 1 aliphatic rings. The second-order valence-corrected chi connectivity index (χ2v) is 4.73. The molecule has 2 aromatic heterocycles. The largest absolute Gasteiger partial charge is 0.347 e. The van der Waals surface area contributed by atoms with Gasteiger partial charge >= 0.3 is 0 Å². The molecule has 1 N–H and O–H groups in total. The molecule has 3 heterocycles. The summed E-state index contributed by atoms with van der Waals surface area (Å²) < 4.78 is 0.